The number of rotatable bonds is 4. The zero-order chi connectivity index (χ0) is 14.5. The SMILES string of the molecule is CC1CC(C)CN(CC(=O)NCc2ccccc2F)C1. The van der Waals surface area contributed by atoms with E-state index in [1.807, 2.05) is 0 Å². The molecule has 1 aliphatic heterocycles. The Bertz CT molecular complexity index is 454. The summed E-state index contributed by atoms with van der Waals surface area (Å²) in [6.45, 7) is 7.04. The van der Waals surface area contributed by atoms with Crippen molar-refractivity contribution in [1.29, 1.82) is 0 Å². The molecular weight excluding hydrogens is 255 g/mol. The van der Waals surface area contributed by atoms with E-state index in [2.05, 4.69) is 24.1 Å². The van der Waals surface area contributed by atoms with E-state index < -0.39 is 0 Å². The van der Waals surface area contributed by atoms with Crippen LogP contribution in [0, 0.1) is 17.7 Å². The number of benzene rings is 1. The molecular formula is C16H23FN2O. The maximum atomic E-state index is 13.4. The highest BCUT2D eigenvalue weighted by atomic mass is 19.1. The van der Waals surface area contributed by atoms with Gasteiger partial charge in [0, 0.05) is 25.2 Å². The van der Waals surface area contributed by atoms with Crippen LogP contribution in [0.15, 0.2) is 24.3 Å². The Labute approximate surface area is 120 Å². The Morgan fingerprint density at radius 1 is 1.30 bits per heavy atom. The molecule has 0 aromatic heterocycles. The summed E-state index contributed by atoms with van der Waals surface area (Å²) in [6.07, 6.45) is 1.23. The number of hydrogen-bond acceptors (Lipinski definition) is 2. The molecule has 20 heavy (non-hydrogen) atoms. The summed E-state index contributed by atoms with van der Waals surface area (Å²) >= 11 is 0. The number of carbonyl (C=O) groups is 1. The molecule has 1 aromatic carbocycles. The first kappa shape index (κ1) is 15.0. The molecule has 0 spiro atoms. The van der Waals surface area contributed by atoms with Crippen LogP contribution in [0.25, 0.3) is 0 Å². The van der Waals surface area contributed by atoms with E-state index in [-0.39, 0.29) is 18.3 Å². The summed E-state index contributed by atoms with van der Waals surface area (Å²) < 4.78 is 13.4. The highest BCUT2D eigenvalue weighted by Gasteiger charge is 2.23. The zero-order valence-electron chi connectivity index (χ0n) is 12.2. The summed E-state index contributed by atoms with van der Waals surface area (Å²) in [5.41, 5.74) is 0.529. The lowest BCUT2D eigenvalue weighted by Gasteiger charge is -2.34. The van der Waals surface area contributed by atoms with Crippen molar-refractivity contribution in [2.45, 2.75) is 26.8 Å². The minimum atomic E-state index is -0.270. The predicted molar refractivity (Wildman–Crippen MR) is 77.6 cm³/mol. The smallest absolute Gasteiger partial charge is 0.234 e. The molecule has 110 valence electrons. The summed E-state index contributed by atoms with van der Waals surface area (Å²) in [7, 11) is 0. The van der Waals surface area contributed by atoms with Crippen molar-refractivity contribution >= 4 is 5.91 Å². The molecule has 0 saturated carbocycles. The highest BCUT2D eigenvalue weighted by molar-refractivity contribution is 5.78. The molecule has 2 rings (SSSR count). The first-order valence-corrected chi connectivity index (χ1v) is 7.27. The van der Waals surface area contributed by atoms with Crippen LogP contribution >= 0.6 is 0 Å². The Hall–Kier alpha value is -1.42. The van der Waals surface area contributed by atoms with Gasteiger partial charge in [-0.25, -0.2) is 4.39 Å². The monoisotopic (exact) mass is 278 g/mol. The van der Waals surface area contributed by atoms with E-state index >= 15 is 0 Å². The van der Waals surface area contributed by atoms with Crippen molar-refractivity contribution in [3.05, 3.63) is 35.6 Å². The summed E-state index contributed by atoms with van der Waals surface area (Å²) in [6, 6.07) is 6.53. The lowest BCUT2D eigenvalue weighted by molar-refractivity contribution is -0.123. The largest absolute Gasteiger partial charge is 0.351 e. The van der Waals surface area contributed by atoms with Crippen molar-refractivity contribution in [3.8, 4) is 0 Å². The maximum Gasteiger partial charge on any atom is 0.234 e. The summed E-state index contributed by atoms with van der Waals surface area (Å²) in [4.78, 5) is 14.1. The van der Waals surface area contributed by atoms with E-state index in [0.717, 1.165) is 13.1 Å². The van der Waals surface area contributed by atoms with Crippen LogP contribution in [0.3, 0.4) is 0 Å². The molecule has 0 aliphatic carbocycles. The number of nitrogens with one attached hydrogen (secondary N) is 1. The molecule has 1 fully saturated rings. The van der Waals surface area contributed by atoms with Crippen molar-refractivity contribution in [2.24, 2.45) is 11.8 Å². The fourth-order valence-corrected chi connectivity index (χ4v) is 3.02. The molecule has 2 atom stereocenters. The van der Waals surface area contributed by atoms with Gasteiger partial charge in [0.15, 0.2) is 0 Å². The topological polar surface area (TPSA) is 32.3 Å². The van der Waals surface area contributed by atoms with Crippen molar-refractivity contribution in [2.75, 3.05) is 19.6 Å². The quantitative estimate of drug-likeness (QED) is 0.917. The third kappa shape index (κ3) is 4.30. The molecule has 3 nitrogen and oxygen atoms in total. The molecule has 0 bridgehead atoms. The van der Waals surface area contributed by atoms with Gasteiger partial charge in [0.1, 0.15) is 5.82 Å². The van der Waals surface area contributed by atoms with E-state index in [0.29, 0.717) is 23.9 Å². The van der Waals surface area contributed by atoms with E-state index in [1.165, 1.54) is 12.5 Å². The van der Waals surface area contributed by atoms with E-state index in [4.69, 9.17) is 0 Å². The molecule has 1 aromatic rings. The second kappa shape index (κ2) is 6.84. The van der Waals surface area contributed by atoms with Crippen LogP contribution in [0.1, 0.15) is 25.8 Å². The Kier molecular flexibility index (Phi) is 5.12. The molecule has 2 unspecified atom stereocenters. The van der Waals surface area contributed by atoms with E-state index in [1.54, 1.807) is 18.2 Å². The molecule has 1 aliphatic rings. The van der Waals surface area contributed by atoms with Crippen molar-refractivity contribution < 1.29 is 9.18 Å². The average Bonchev–Trinajstić information content (AvgIpc) is 2.36. The minimum absolute atomic E-state index is 0.0328. The van der Waals surface area contributed by atoms with Gasteiger partial charge in [-0.3, -0.25) is 9.69 Å². The van der Waals surface area contributed by atoms with Gasteiger partial charge in [0.25, 0.3) is 0 Å². The Morgan fingerprint density at radius 2 is 1.95 bits per heavy atom. The van der Waals surface area contributed by atoms with Crippen LogP contribution in [-0.2, 0) is 11.3 Å². The lowest BCUT2D eigenvalue weighted by Crippen LogP contribution is -2.44. The molecule has 1 amide bonds. The number of hydrogen-bond donors (Lipinski definition) is 1. The third-order valence-corrected chi connectivity index (χ3v) is 3.75. The summed E-state index contributed by atoms with van der Waals surface area (Å²) in [5.74, 6) is 0.971. The predicted octanol–water partition coefficient (Wildman–Crippen LogP) is 2.42. The molecule has 0 radical (unpaired) electrons. The number of amides is 1. The first-order valence-electron chi connectivity index (χ1n) is 7.27. The standard InChI is InChI=1S/C16H23FN2O/c1-12-7-13(2)10-19(9-12)11-16(20)18-8-14-5-3-4-6-15(14)17/h3-6,12-13H,7-11H2,1-2H3,(H,18,20). The number of halogens is 1. The number of likely N-dealkylation sites (tertiary alicyclic amines) is 1. The Balaban J connectivity index is 1.79. The fourth-order valence-electron chi connectivity index (χ4n) is 3.02. The number of nitrogens with zero attached hydrogens (tertiary/aromatic N) is 1. The van der Waals surface area contributed by atoms with Gasteiger partial charge >= 0.3 is 0 Å². The van der Waals surface area contributed by atoms with Crippen molar-refractivity contribution in [1.82, 2.24) is 10.2 Å². The van der Waals surface area contributed by atoms with Crippen LogP contribution in [0.2, 0.25) is 0 Å². The molecule has 1 heterocycles. The molecule has 1 saturated heterocycles. The van der Waals surface area contributed by atoms with Crippen LogP contribution in [0.5, 0.6) is 0 Å². The van der Waals surface area contributed by atoms with Gasteiger partial charge in [-0.2, -0.15) is 0 Å². The van der Waals surface area contributed by atoms with Gasteiger partial charge in [-0.15, -0.1) is 0 Å². The fraction of sp³-hybridized carbons (Fsp3) is 0.562. The average molecular weight is 278 g/mol. The molecule has 4 heteroatoms. The van der Waals surface area contributed by atoms with Crippen molar-refractivity contribution in [3.63, 3.8) is 0 Å². The minimum Gasteiger partial charge on any atom is -0.351 e. The van der Waals surface area contributed by atoms with Gasteiger partial charge < -0.3 is 5.32 Å². The normalized spacial score (nSPS) is 23.6. The van der Waals surface area contributed by atoms with Crippen LogP contribution in [-0.4, -0.2) is 30.4 Å². The summed E-state index contributed by atoms with van der Waals surface area (Å²) in [5, 5.41) is 2.80. The lowest BCUT2D eigenvalue weighted by atomic mass is 9.92. The number of piperidine rings is 1. The van der Waals surface area contributed by atoms with Gasteiger partial charge in [0.05, 0.1) is 6.54 Å². The van der Waals surface area contributed by atoms with E-state index in [9.17, 15) is 9.18 Å². The number of carbonyl (C=O) groups excluding carboxylic acids is 1. The van der Waals surface area contributed by atoms with Gasteiger partial charge in [-0.05, 0) is 24.3 Å². The van der Waals surface area contributed by atoms with Crippen LogP contribution in [0.4, 0.5) is 4.39 Å². The zero-order valence-corrected chi connectivity index (χ0v) is 12.2. The highest BCUT2D eigenvalue weighted by Crippen LogP contribution is 2.20. The van der Waals surface area contributed by atoms with Crippen LogP contribution < -0.4 is 5.32 Å². The Morgan fingerprint density at radius 3 is 2.60 bits per heavy atom. The second-order valence-electron chi connectivity index (χ2n) is 6.01. The van der Waals surface area contributed by atoms with Gasteiger partial charge in [-0.1, -0.05) is 32.0 Å². The third-order valence-electron chi connectivity index (χ3n) is 3.75. The second-order valence-corrected chi connectivity index (χ2v) is 6.01. The van der Waals surface area contributed by atoms with Gasteiger partial charge in [0.2, 0.25) is 5.91 Å². The first-order chi connectivity index (χ1) is 9.54. The molecule has 1 N–H and O–H groups in total. The maximum absolute atomic E-state index is 13.4.